The van der Waals surface area contributed by atoms with Gasteiger partial charge in [-0.05, 0) is 119 Å². The smallest absolute Gasteiger partial charge is 1.00 e. The van der Waals surface area contributed by atoms with E-state index in [2.05, 4.69) is 91.1 Å². The molecule has 0 aliphatic heterocycles. The van der Waals surface area contributed by atoms with Crippen molar-refractivity contribution in [1.82, 2.24) is 0 Å². The average Bonchev–Trinajstić information content (AvgIpc) is 3.19. The molecule has 0 bridgehead atoms. The Hall–Kier alpha value is -2.56. The van der Waals surface area contributed by atoms with Crippen molar-refractivity contribution in [2.45, 2.75) is 25.7 Å². The van der Waals surface area contributed by atoms with Gasteiger partial charge in [0.15, 0.2) is 0 Å². The minimum atomic E-state index is -0.181. The number of carbonyl (C=O) groups excluding carboxylic acids is 1. The van der Waals surface area contributed by atoms with Gasteiger partial charge in [-0.1, -0.05) is 95.9 Å². The molecule has 4 rings (SSSR count). The first kappa shape index (κ1) is 55.5. The number of phenolic OH excluding ortho intramolecular Hbond substituents is 2. The van der Waals surface area contributed by atoms with Crippen LogP contribution in [0.5, 0.6) is 23.0 Å². The number of halogens is 1. The maximum atomic E-state index is 9.79. The minimum Gasteiger partial charge on any atom is -1.00 e. The molecule has 0 saturated carbocycles. The molecule has 0 saturated heterocycles. The largest absolute Gasteiger partial charge is 1.00 e. The number of hydrogen-bond donors (Lipinski definition) is 2. The van der Waals surface area contributed by atoms with Crippen LogP contribution in [0.3, 0.4) is 0 Å². The molecule has 4 aromatic carbocycles. The molecule has 0 aliphatic rings. The molecule has 0 amide bonds. The van der Waals surface area contributed by atoms with Gasteiger partial charge in [0, 0.05) is 5.33 Å². The molecule has 0 spiro atoms. The van der Waals surface area contributed by atoms with Gasteiger partial charge in [-0.3, -0.25) is 4.79 Å². The average molecular weight is 874 g/mol. The van der Waals surface area contributed by atoms with E-state index in [0.717, 1.165) is 74.2 Å². The van der Waals surface area contributed by atoms with Crippen LogP contribution in [-0.2, 0) is 35.4 Å². The summed E-state index contributed by atoms with van der Waals surface area (Å²) in [6.45, 7) is 26.7. The second-order valence-corrected chi connectivity index (χ2v) is 11.8. The molecule has 0 aliphatic carbocycles. The molecule has 0 unspecified atom stereocenters. The van der Waals surface area contributed by atoms with Crippen molar-refractivity contribution >= 4 is 22.4 Å². The second kappa shape index (κ2) is 34.5. The Bertz CT molecular complexity index is 1710. The maximum Gasteiger partial charge on any atom is 1.00 e. The van der Waals surface area contributed by atoms with Crippen LogP contribution in [0.1, 0.15) is 23.7 Å². The van der Waals surface area contributed by atoms with Crippen molar-refractivity contribution in [3.8, 4) is 45.3 Å². The summed E-state index contributed by atoms with van der Waals surface area (Å²) in [6.07, 6.45) is 15.3. The summed E-state index contributed by atoms with van der Waals surface area (Å²) in [7, 11) is 0. The summed E-state index contributed by atoms with van der Waals surface area (Å²) in [5.41, 5.74) is 8.18. The fraction of sp³-hybridized carbons (Fsp3) is 0.152. The van der Waals surface area contributed by atoms with Crippen LogP contribution < -0.4 is 118 Å². The third-order valence-electron chi connectivity index (χ3n) is 7.27. The Morgan fingerprint density at radius 3 is 1.09 bits per heavy atom. The van der Waals surface area contributed by atoms with E-state index in [4.69, 9.17) is 19.5 Å². The molecule has 2 N–H and O–H groups in total. The molecule has 0 fully saturated rings. The quantitative estimate of drug-likeness (QED) is 0.0384. The number of benzene rings is 4. The Balaban J connectivity index is -0.000000838. The first-order valence-electron chi connectivity index (χ1n) is 16.9. The zero-order valence-corrected chi connectivity index (χ0v) is 40.6. The van der Waals surface area contributed by atoms with Crippen LogP contribution in [-0.4, -0.2) is 35.2 Å². The third-order valence-corrected chi connectivity index (χ3v) is 7.72. The molecule has 10 heteroatoms. The van der Waals surface area contributed by atoms with Gasteiger partial charge < -0.3 is 31.3 Å². The number of hydrogen-bond acceptors (Lipinski definition) is 7. The number of carbonyl (C=O) groups is 1. The number of alkyl halides is 1. The van der Waals surface area contributed by atoms with E-state index in [9.17, 15) is 10.2 Å². The van der Waals surface area contributed by atoms with Crippen molar-refractivity contribution in [3.05, 3.63) is 184 Å². The Morgan fingerprint density at radius 2 is 0.821 bits per heavy atom. The van der Waals surface area contributed by atoms with Crippen molar-refractivity contribution < 1.29 is 139 Å². The van der Waals surface area contributed by atoms with E-state index < -0.39 is 0 Å². The zero-order chi connectivity index (χ0) is 40.1. The first-order valence-corrected chi connectivity index (χ1v) is 18.0. The van der Waals surface area contributed by atoms with Gasteiger partial charge in [0.2, 0.25) is 0 Å². The third kappa shape index (κ3) is 20.7. The standard InChI is InChI=1S/C24H26O2.C18H18O2.C3H5Br.CH2O3.2K.H/c1-5-9-21-17-19(11-13-23(21)25-15-7-3)20-12-14-24(26-16-8-4)22(18-20)10-6-2;1-3-5-15-11-13(7-9-17(15)19)14-8-10-18(20)16(12-14)6-4-2;1-2-3-4;2-1-4-3;;;/h5-8,11-14,17-18H,1-4,9-10,15-16H2;3-4,7-12,19-20H,1-2,5-6H2;2H,1,3H2;1,3H;;;/q;;;;2*+1;-1/p-1. The summed E-state index contributed by atoms with van der Waals surface area (Å²) in [6, 6.07) is 23.5. The summed E-state index contributed by atoms with van der Waals surface area (Å²) >= 11 is 3.13. The molecule has 7 nitrogen and oxygen atoms in total. The fourth-order valence-corrected chi connectivity index (χ4v) is 4.90. The summed E-state index contributed by atoms with van der Waals surface area (Å²) in [4.78, 5) is 11.2. The van der Waals surface area contributed by atoms with Crippen LogP contribution >= 0.6 is 15.9 Å². The predicted molar refractivity (Wildman–Crippen MR) is 226 cm³/mol. The monoisotopic (exact) mass is 872 g/mol. The zero-order valence-electron chi connectivity index (χ0n) is 33.8. The SMILES string of the molecule is C=CCBr.C=CCOc1ccc(-c2ccc(OCC=C)c(CC=C)c2)cc1CC=C.C=CCc1cc(-c2ccc(O)c(CC=C)c2)ccc1O.O=CO[O-].[H-].[K+].[K+]. The number of aromatic hydroxyl groups is 2. The van der Waals surface area contributed by atoms with E-state index in [0.29, 0.717) is 26.1 Å². The van der Waals surface area contributed by atoms with Gasteiger partial charge in [-0.25, -0.2) is 0 Å². The number of phenols is 2. The van der Waals surface area contributed by atoms with Gasteiger partial charge in [0.25, 0.3) is 6.47 Å². The van der Waals surface area contributed by atoms with E-state index in [1.165, 1.54) is 0 Å². The van der Waals surface area contributed by atoms with Gasteiger partial charge in [0.05, 0.1) is 0 Å². The van der Waals surface area contributed by atoms with Crippen LogP contribution in [0, 0.1) is 0 Å². The molecule has 4 aromatic rings. The van der Waals surface area contributed by atoms with Gasteiger partial charge in [-0.2, -0.15) is 0 Å². The number of allylic oxidation sites excluding steroid dienone is 5. The van der Waals surface area contributed by atoms with Crippen LogP contribution in [0.2, 0.25) is 0 Å². The summed E-state index contributed by atoms with van der Waals surface area (Å²) in [5.74, 6) is 2.29. The van der Waals surface area contributed by atoms with Gasteiger partial charge in [0.1, 0.15) is 36.2 Å². The van der Waals surface area contributed by atoms with Gasteiger partial charge in [-0.15, -0.1) is 32.9 Å². The second-order valence-electron chi connectivity index (χ2n) is 11.1. The molecule has 0 atom stereocenters. The van der Waals surface area contributed by atoms with Gasteiger partial charge >= 0.3 is 103 Å². The molecule has 0 heterocycles. The molecular weight excluding hydrogens is 823 g/mol. The predicted octanol–water partition coefficient (Wildman–Crippen LogP) is 4.28. The normalized spacial score (nSPS) is 9.11. The maximum absolute atomic E-state index is 9.79. The first-order chi connectivity index (χ1) is 26.2. The Morgan fingerprint density at radius 1 is 0.536 bits per heavy atom. The molecule has 286 valence electrons. The molecule has 0 aromatic heterocycles. The number of rotatable bonds is 18. The minimum absolute atomic E-state index is 0. The molecular formula is C46H51BrK2O7. The molecule has 56 heavy (non-hydrogen) atoms. The Kier molecular flexibility index (Phi) is 34.2. The van der Waals surface area contributed by atoms with Crippen LogP contribution in [0.25, 0.3) is 22.3 Å². The van der Waals surface area contributed by atoms with E-state index in [1.54, 1.807) is 42.5 Å². The van der Waals surface area contributed by atoms with Crippen molar-refractivity contribution in [3.63, 3.8) is 0 Å². The van der Waals surface area contributed by atoms with Crippen LogP contribution in [0.15, 0.2) is 161 Å². The van der Waals surface area contributed by atoms with E-state index in [1.807, 2.05) is 48.6 Å². The van der Waals surface area contributed by atoms with E-state index >= 15 is 0 Å². The van der Waals surface area contributed by atoms with Crippen LogP contribution in [0.4, 0.5) is 0 Å². The van der Waals surface area contributed by atoms with Crippen molar-refractivity contribution in [2.75, 3.05) is 18.5 Å². The Labute approximate surface area is 428 Å². The van der Waals surface area contributed by atoms with E-state index in [-0.39, 0.29) is 122 Å². The van der Waals surface area contributed by atoms with Crippen molar-refractivity contribution in [2.24, 2.45) is 0 Å². The molecule has 0 radical (unpaired) electrons. The summed E-state index contributed by atoms with van der Waals surface area (Å²) < 4.78 is 11.5. The van der Waals surface area contributed by atoms with Crippen molar-refractivity contribution in [1.29, 1.82) is 0 Å². The fourth-order valence-electron chi connectivity index (χ4n) is 4.90. The number of ether oxygens (including phenoxy) is 2. The topological polar surface area (TPSA) is 108 Å². The summed E-state index contributed by atoms with van der Waals surface area (Å²) in [5, 5.41) is 28.9.